The number of carbonyl (C=O) groups is 1. The van der Waals surface area contributed by atoms with Crippen molar-refractivity contribution in [1.29, 1.82) is 0 Å². The van der Waals surface area contributed by atoms with Crippen LogP contribution in [0.5, 0.6) is 0 Å². The molecule has 0 fully saturated rings. The van der Waals surface area contributed by atoms with Crippen molar-refractivity contribution in [2.24, 2.45) is 0 Å². The number of allylic oxidation sites excluding steroid dienone is 1. The number of halogens is 1. The van der Waals surface area contributed by atoms with Gasteiger partial charge in [-0.3, -0.25) is 4.79 Å². The molecule has 2 rings (SSSR count). The Morgan fingerprint density at radius 3 is 2.57 bits per heavy atom. The van der Waals surface area contributed by atoms with Gasteiger partial charge in [-0.2, -0.15) is 0 Å². The summed E-state index contributed by atoms with van der Waals surface area (Å²) in [6.45, 7) is 5.97. The summed E-state index contributed by atoms with van der Waals surface area (Å²) in [6, 6.07) is 11.4. The predicted molar refractivity (Wildman–Crippen MR) is 89.2 cm³/mol. The van der Waals surface area contributed by atoms with Gasteiger partial charge in [0.25, 0.3) is 0 Å². The van der Waals surface area contributed by atoms with E-state index in [4.69, 9.17) is 11.6 Å². The summed E-state index contributed by atoms with van der Waals surface area (Å²) >= 11 is 6.05. The summed E-state index contributed by atoms with van der Waals surface area (Å²) in [5.41, 5.74) is 4.85. The smallest absolute Gasteiger partial charge is 0.187 e. The maximum Gasteiger partial charge on any atom is 0.187 e. The normalized spacial score (nSPS) is 10.9. The third kappa shape index (κ3) is 3.73. The number of rotatable bonds is 4. The summed E-state index contributed by atoms with van der Waals surface area (Å²) in [5.74, 6) is -0.0229. The summed E-state index contributed by atoms with van der Waals surface area (Å²) in [7, 11) is 0. The highest BCUT2D eigenvalue weighted by Gasteiger charge is 2.03. The molecule has 2 aromatic carbocycles. The lowest BCUT2D eigenvalue weighted by Crippen LogP contribution is -1.98. The SMILES string of the molecule is Cc1ccc(C(=O)C=CNc2cccc(Cl)c2C)cc1C. The maximum atomic E-state index is 12.1. The van der Waals surface area contributed by atoms with E-state index < -0.39 is 0 Å². The molecule has 0 heterocycles. The number of benzene rings is 2. The average molecular weight is 300 g/mol. The van der Waals surface area contributed by atoms with Crippen LogP contribution >= 0.6 is 11.6 Å². The number of hydrogen-bond acceptors (Lipinski definition) is 2. The number of nitrogens with one attached hydrogen (secondary N) is 1. The van der Waals surface area contributed by atoms with Crippen molar-refractivity contribution in [1.82, 2.24) is 0 Å². The molecular weight excluding hydrogens is 282 g/mol. The van der Waals surface area contributed by atoms with Crippen LogP contribution < -0.4 is 5.32 Å². The van der Waals surface area contributed by atoms with Crippen LogP contribution in [-0.4, -0.2) is 5.78 Å². The van der Waals surface area contributed by atoms with Crippen LogP contribution in [0, 0.1) is 20.8 Å². The molecule has 0 bridgehead atoms. The van der Waals surface area contributed by atoms with Gasteiger partial charge in [0.2, 0.25) is 0 Å². The third-order valence-electron chi connectivity index (χ3n) is 3.53. The zero-order chi connectivity index (χ0) is 15.4. The lowest BCUT2D eigenvalue weighted by molar-refractivity contribution is 0.104. The van der Waals surface area contributed by atoms with Crippen molar-refractivity contribution in [3.63, 3.8) is 0 Å². The standard InChI is InChI=1S/C18H18ClNO/c1-12-7-8-15(11-13(12)2)18(21)9-10-20-17-6-4-5-16(19)14(17)3/h4-11,20H,1-3H3. The van der Waals surface area contributed by atoms with E-state index in [0.29, 0.717) is 10.6 Å². The third-order valence-corrected chi connectivity index (χ3v) is 3.94. The molecule has 1 N–H and O–H groups in total. The molecule has 21 heavy (non-hydrogen) atoms. The molecule has 0 radical (unpaired) electrons. The number of carbonyl (C=O) groups excluding carboxylic acids is 1. The molecule has 2 aromatic rings. The van der Waals surface area contributed by atoms with Gasteiger partial charge < -0.3 is 5.32 Å². The molecule has 0 saturated heterocycles. The molecule has 108 valence electrons. The van der Waals surface area contributed by atoms with E-state index in [1.807, 2.05) is 57.2 Å². The molecule has 0 amide bonds. The van der Waals surface area contributed by atoms with Gasteiger partial charge in [-0.05, 0) is 55.7 Å². The van der Waals surface area contributed by atoms with E-state index in [1.54, 1.807) is 6.20 Å². The van der Waals surface area contributed by atoms with Crippen molar-refractivity contribution in [2.45, 2.75) is 20.8 Å². The highest BCUT2D eigenvalue weighted by molar-refractivity contribution is 6.31. The monoisotopic (exact) mass is 299 g/mol. The minimum Gasteiger partial charge on any atom is -0.361 e. The zero-order valence-electron chi connectivity index (χ0n) is 12.4. The van der Waals surface area contributed by atoms with Crippen LogP contribution in [0.4, 0.5) is 5.69 Å². The number of aryl methyl sites for hydroxylation is 2. The number of ketones is 1. The molecule has 2 nitrogen and oxygen atoms in total. The zero-order valence-corrected chi connectivity index (χ0v) is 13.2. The van der Waals surface area contributed by atoms with Crippen LogP contribution in [-0.2, 0) is 0 Å². The van der Waals surface area contributed by atoms with E-state index in [-0.39, 0.29) is 5.78 Å². The van der Waals surface area contributed by atoms with Crippen LogP contribution in [0.15, 0.2) is 48.7 Å². The summed E-state index contributed by atoms with van der Waals surface area (Å²) < 4.78 is 0. The van der Waals surface area contributed by atoms with Gasteiger partial charge in [0.1, 0.15) is 0 Å². The van der Waals surface area contributed by atoms with Crippen molar-refractivity contribution in [3.8, 4) is 0 Å². The Kier molecular flexibility index (Phi) is 4.81. The maximum absolute atomic E-state index is 12.1. The molecule has 0 spiro atoms. The van der Waals surface area contributed by atoms with Crippen molar-refractivity contribution >= 4 is 23.1 Å². The minimum absolute atomic E-state index is 0.0229. The summed E-state index contributed by atoms with van der Waals surface area (Å²) in [5, 5.41) is 3.80. The molecule has 0 aromatic heterocycles. The Morgan fingerprint density at radius 1 is 1.10 bits per heavy atom. The fourth-order valence-corrected chi connectivity index (χ4v) is 2.14. The Bertz CT molecular complexity index is 704. The molecule has 0 unspecified atom stereocenters. The highest BCUT2D eigenvalue weighted by Crippen LogP contribution is 2.22. The van der Waals surface area contributed by atoms with Gasteiger partial charge >= 0.3 is 0 Å². The summed E-state index contributed by atoms with van der Waals surface area (Å²) in [6.07, 6.45) is 3.18. The molecule has 0 aliphatic heterocycles. The van der Waals surface area contributed by atoms with Gasteiger partial charge in [0.05, 0.1) is 0 Å². The Hall–Kier alpha value is -2.06. The highest BCUT2D eigenvalue weighted by atomic mass is 35.5. The molecule has 0 aliphatic rings. The molecule has 0 saturated carbocycles. The fourth-order valence-electron chi connectivity index (χ4n) is 1.96. The van der Waals surface area contributed by atoms with Crippen LogP contribution in [0.1, 0.15) is 27.0 Å². The van der Waals surface area contributed by atoms with Crippen LogP contribution in [0.2, 0.25) is 5.02 Å². The first-order valence-corrected chi connectivity index (χ1v) is 7.16. The van der Waals surface area contributed by atoms with E-state index in [1.165, 1.54) is 11.6 Å². The largest absolute Gasteiger partial charge is 0.361 e. The van der Waals surface area contributed by atoms with Crippen molar-refractivity contribution < 1.29 is 4.79 Å². The van der Waals surface area contributed by atoms with Gasteiger partial charge in [0.15, 0.2) is 5.78 Å². The van der Waals surface area contributed by atoms with Gasteiger partial charge in [-0.25, -0.2) is 0 Å². The minimum atomic E-state index is -0.0229. The van der Waals surface area contributed by atoms with E-state index in [0.717, 1.165) is 16.8 Å². The predicted octanol–water partition coefficient (Wildman–Crippen LogP) is 5.07. The topological polar surface area (TPSA) is 29.1 Å². The van der Waals surface area contributed by atoms with E-state index >= 15 is 0 Å². The van der Waals surface area contributed by atoms with Crippen LogP contribution in [0.3, 0.4) is 0 Å². The van der Waals surface area contributed by atoms with E-state index in [2.05, 4.69) is 5.32 Å². The first-order valence-electron chi connectivity index (χ1n) is 6.79. The van der Waals surface area contributed by atoms with E-state index in [9.17, 15) is 4.79 Å². The lowest BCUT2D eigenvalue weighted by atomic mass is 10.0. The van der Waals surface area contributed by atoms with Crippen molar-refractivity contribution in [2.75, 3.05) is 5.32 Å². The quantitative estimate of drug-likeness (QED) is 0.630. The van der Waals surface area contributed by atoms with Crippen molar-refractivity contribution in [3.05, 3.63) is 76.0 Å². The second kappa shape index (κ2) is 6.59. The number of hydrogen-bond donors (Lipinski definition) is 1. The van der Waals surface area contributed by atoms with Crippen LogP contribution in [0.25, 0.3) is 0 Å². The van der Waals surface area contributed by atoms with Gasteiger partial charge in [0, 0.05) is 28.5 Å². The fraction of sp³-hybridized carbons (Fsp3) is 0.167. The lowest BCUT2D eigenvalue weighted by Gasteiger charge is -2.06. The Morgan fingerprint density at radius 2 is 1.86 bits per heavy atom. The Balaban J connectivity index is 2.09. The second-order valence-corrected chi connectivity index (χ2v) is 5.46. The molecule has 3 heteroatoms. The molecule has 0 atom stereocenters. The first-order chi connectivity index (χ1) is 9.99. The summed E-state index contributed by atoms with van der Waals surface area (Å²) in [4.78, 5) is 12.1. The van der Waals surface area contributed by atoms with Gasteiger partial charge in [-0.15, -0.1) is 0 Å². The first kappa shape index (κ1) is 15.3. The average Bonchev–Trinajstić information content (AvgIpc) is 2.46. The Labute approximate surface area is 130 Å². The second-order valence-electron chi connectivity index (χ2n) is 5.05. The molecular formula is C18H18ClNO. The molecule has 0 aliphatic carbocycles. The number of anilines is 1. The van der Waals surface area contributed by atoms with Gasteiger partial charge in [-0.1, -0.05) is 29.8 Å².